The summed E-state index contributed by atoms with van der Waals surface area (Å²) in [5.74, 6) is -1.38. The molecular formula is C5H5N2O3. The molecule has 0 aromatic heterocycles. The van der Waals surface area contributed by atoms with Crippen molar-refractivity contribution >= 4 is 11.8 Å². The average molecular weight is 141 g/mol. The summed E-state index contributed by atoms with van der Waals surface area (Å²) in [7, 11) is 0. The van der Waals surface area contributed by atoms with Crippen LogP contribution in [-0.2, 0) is 14.3 Å². The number of ether oxygens (including phenoxy) is 1. The zero-order valence-electron chi connectivity index (χ0n) is 4.96. The molecule has 0 spiro atoms. The van der Waals surface area contributed by atoms with E-state index in [2.05, 4.69) is 16.3 Å². The number of amides is 2. The van der Waals surface area contributed by atoms with Crippen molar-refractivity contribution < 1.29 is 14.3 Å². The van der Waals surface area contributed by atoms with Crippen molar-refractivity contribution in [1.82, 2.24) is 5.32 Å². The largest absolute Gasteiger partial charge is 0.465 e. The van der Waals surface area contributed by atoms with Crippen LogP contribution in [0.2, 0.25) is 0 Å². The molecule has 5 heteroatoms. The highest BCUT2D eigenvalue weighted by molar-refractivity contribution is 6.03. The Morgan fingerprint density at radius 1 is 1.90 bits per heavy atom. The monoisotopic (exact) mass is 141 g/mol. The summed E-state index contributed by atoms with van der Waals surface area (Å²) in [6, 6.07) is 0. The lowest BCUT2D eigenvalue weighted by molar-refractivity contribution is -0.141. The molecule has 0 aromatic carbocycles. The number of primary amides is 1. The van der Waals surface area contributed by atoms with Gasteiger partial charge in [0, 0.05) is 0 Å². The lowest BCUT2D eigenvalue weighted by Crippen LogP contribution is -2.44. The molecule has 1 radical (unpaired) electrons. The van der Waals surface area contributed by atoms with Gasteiger partial charge in [-0.2, -0.15) is 0 Å². The van der Waals surface area contributed by atoms with E-state index in [0.29, 0.717) is 0 Å². The highest BCUT2D eigenvalue weighted by Gasteiger charge is 2.26. The topological polar surface area (TPSA) is 81.4 Å². The quantitative estimate of drug-likeness (QED) is 0.425. The van der Waals surface area contributed by atoms with Gasteiger partial charge in [-0.05, 0) is 0 Å². The molecule has 0 saturated carbocycles. The van der Waals surface area contributed by atoms with Crippen molar-refractivity contribution in [3.63, 3.8) is 0 Å². The van der Waals surface area contributed by atoms with Gasteiger partial charge in [-0.3, -0.25) is 9.59 Å². The molecular weight excluding hydrogens is 136 g/mol. The predicted octanol–water partition coefficient (Wildman–Crippen LogP) is -1.74. The van der Waals surface area contributed by atoms with Crippen molar-refractivity contribution in [2.24, 2.45) is 5.73 Å². The molecule has 5 nitrogen and oxygen atoms in total. The Labute approximate surface area is 56.8 Å². The first-order valence-corrected chi connectivity index (χ1v) is 2.54. The van der Waals surface area contributed by atoms with Crippen LogP contribution in [0.25, 0.3) is 0 Å². The summed E-state index contributed by atoms with van der Waals surface area (Å²) in [5.41, 5.74) is 4.78. The fourth-order valence-electron chi connectivity index (χ4n) is 0.519. The van der Waals surface area contributed by atoms with Crippen molar-refractivity contribution in [3.05, 3.63) is 12.5 Å². The van der Waals surface area contributed by atoms with E-state index in [4.69, 9.17) is 5.73 Å². The number of nitrogens with two attached hydrogens (primary N) is 1. The first-order valence-electron chi connectivity index (χ1n) is 2.54. The molecule has 53 valence electrons. The molecule has 1 heterocycles. The zero-order valence-corrected chi connectivity index (χ0v) is 4.96. The lowest BCUT2D eigenvalue weighted by atomic mass is 10.3. The SMILES string of the molecule is NC(=O)C1O[C]=CNC1=O. The van der Waals surface area contributed by atoms with Gasteiger partial charge in [0.2, 0.25) is 0 Å². The maximum atomic E-state index is 10.6. The molecule has 3 N–H and O–H groups in total. The molecule has 2 amide bonds. The van der Waals surface area contributed by atoms with E-state index in [1.54, 1.807) is 0 Å². The number of rotatable bonds is 1. The Bertz CT molecular complexity index is 199. The van der Waals surface area contributed by atoms with Gasteiger partial charge in [-0.15, -0.1) is 0 Å². The van der Waals surface area contributed by atoms with Crippen molar-refractivity contribution in [2.45, 2.75) is 6.10 Å². The first kappa shape index (κ1) is 6.60. The van der Waals surface area contributed by atoms with Crippen LogP contribution in [0.4, 0.5) is 0 Å². The molecule has 0 bridgehead atoms. The molecule has 1 rings (SSSR count). The van der Waals surface area contributed by atoms with Gasteiger partial charge < -0.3 is 15.8 Å². The molecule has 1 aliphatic heterocycles. The maximum Gasteiger partial charge on any atom is 0.275 e. The summed E-state index contributed by atoms with van der Waals surface area (Å²) in [4.78, 5) is 21.0. The van der Waals surface area contributed by atoms with Gasteiger partial charge in [0.25, 0.3) is 17.9 Å². The third-order valence-electron chi connectivity index (χ3n) is 0.956. The number of hydrogen-bond acceptors (Lipinski definition) is 3. The summed E-state index contributed by atoms with van der Waals surface area (Å²) in [6.45, 7) is 0. The molecule has 0 aliphatic carbocycles. The summed E-state index contributed by atoms with van der Waals surface area (Å²) in [6.07, 6.45) is 2.13. The second-order valence-corrected chi connectivity index (χ2v) is 1.67. The smallest absolute Gasteiger partial charge is 0.275 e. The standard InChI is InChI=1S/C5H5N2O3/c6-4(8)3-5(9)7-1-2-10-3/h1,3H,(H2,6,8)(H,7,9). The van der Waals surface area contributed by atoms with Gasteiger partial charge in [0.05, 0.1) is 6.20 Å². The minimum atomic E-state index is -1.23. The normalized spacial score (nSPS) is 23.2. The highest BCUT2D eigenvalue weighted by Crippen LogP contribution is 1.95. The number of nitrogens with one attached hydrogen (secondary N) is 1. The number of hydrogen-bond donors (Lipinski definition) is 2. The van der Waals surface area contributed by atoms with Crippen molar-refractivity contribution in [1.29, 1.82) is 0 Å². The second kappa shape index (κ2) is 2.38. The van der Waals surface area contributed by atoms with Crippen LogP contribution in [0.1, 0.15) is 0 Å². The minimum Gasteiger partial charge on any atom is -0.465 e. The Morgan fingerprint density at radius 3 is 3.00 bits per heavy atom. The van der Waals surface area contributed by atoms with Gasteiger partial charge in [-0.1, -0.05) is 0 Å². The van der Waals surface area contributed by atoms with Crippen molar-refractivity contribution in [3.8, 4) is 0 Å². The summed E-state index contributed by atoms with van der Waals surface area (Å²) in [5, 5.41) is 2.21. The Hall–Kier alpha value is -1.52. The zero-order chi connectivity index (χ0) is 7.56. The Kier molecular flexibility index (Phi) is 1.57. The van der Waals surface area contributed by atoms with E-state index in [0.717, 1.165) is 0 Å². The third kappa shape index (κ3) is 1.07. The second-order valence-electron chi connectivity index (χ2n) is 1.67. The minimum absolute atomic E-state index is 0.564. The number of carbonyl (C=O) groups is 2. The van der Waals surface area contributed by atoms with E-state index in [1.165, 1.54) is 6.20 Å². The highest BCUT2D eigenvalue weighted by atomic mass is 16.5. The fraction of sp³-hybridized carbons (Fsp3) is 0.200. The van der Waals surface area contributed by atoms with E-state index >= 15 is 0 Å². The van der Waals surface area contributed by atoms with E-state index in [1.807, 2.05) is 0 Å². The van der Waals surface area contributed by atoms with Crippen LogP contribution in [0.15, 0.2) is 6.20 Å². The first-order chi connectivity index (χ1) is 4.72. The molecule has 0 aromatic rings. The summed E-state index contributed by atoms with van der Waals surface area (Å²) < 4.78 is 4.46. The Balaban J connectivity index is 2.68. The maximum absolute atomic E-state index is 10.6. The third-order valence-corrected chi connectivity index (χ3v) is 0.956. The van der Waals surface area contributed by atoms with Crippen LogP contribution in [0.5, 0.6) is 0 Å². The molecule has 0 saturated heterocycles. The fourth-order valence-corrected chi connectivity index (χ4v) is 0.519. The van der Waals surface area contributed by atoms with Crippen molar-refractivity contribution in [2.75, 3.05) is 0 Å². The lowest BCUT2D eigenvalue weighted by Gasteiger charge is -2.13. The summed E-state index contributed by atoms with van der Waals surface area (Å²) >= 11 is 0. The average Bonchev–Trinajstić information content (AvgIpc) is 1.88. The van der Waals surface area contributed by atoms with E-state index < -0.39 is 17.9 Å². The van der Waals surface area contributed by atoms with Crippen LogP contribution < -0.4 is 11.1 Å². The molecule has 0 fully saturated rings. The molecule has 1 unspecified atom stereocenters. The molecule has 1 aliphatic rings. The van der Waals surface area contributed by atoms with Gasteiger partial charge in [-0.25, -0.2) is 0 Å². The Morgan fingerprint density at radius 2 is 2.60 bits per heavy atom. The molecule has 1 atom stereocenters. The molecule has 10 heavy (non-hydrogen) atoms. The predicted molar refractivity (Wildman–Crippen MR) is 30.0 cm³/mol. The van der Waals surface area contributed by atoms with Gasteiger partial charge >= 0.3 is 0 Å². The van der Waals surface area contributed by atoms with Crippen LogP contribution >= 0.6 is 0 Å². The van der Waals surface area contributed by atoms with Crippen LogP contribution in [0, 0.1) is 6.26 Å². The van der Waals surface area contributed by atoms with Gasteiger partial charge in [0.15, 0.2) is 6.26 Å². The number of carbonyl (C=O) groups excluding carboxylic acids is 2. The van der Waals surface area contributed by atoms with Crippen LogP contribution in [-0.4, -0.2) is 17.9 Å². The van der Waals surface area contributed by atoms with Gasteiger partial charge in [0.1, 0.15) is 0 Å². The van der Waals surface area contributed by atoms with Crippen LogP contribution in [0.3, 0.4) is 0 Å². The van der Waals surface area contributed by atoms with E-state index in [-0.39, 0.29) is 0 Å². The van der Waals surface area contributed by atoms with E-state index in [9.17, 15) is 9.59 Å².